The second-order valence-corrected chi connectivity index (χ2v) is 3.94. The predicted octanol–water partition coefficient (Wildman–Crippen LogP) is 0.443. The summed E-state index contributed by atoms with van der Waals surface area (Å²) in [5.41, 5.74) is 0.966. The number of carboxylic acid groups (broad SMARTS) is 1. The van der Waals surface area contributed by atoms with Gasteiger partial charge in [0.25, 0.3) is 5.91 Å². The lowest BCUT2D eigenvalue weighted by Gasteiger charge is -2.04. The average Bonchev–Trinajstić information content (AvgIpc) is 2.82. The number of aryl methyl sites for hydroxylation is 1. The Hall–Kier alpha value is -2.70. The molecule has 2 N–H and O–H groups in total. The number of nitrogens with one attached hydrogen (secondary N) is 1. The van der Waals surface area contributed by atoms with Crippen LogP contribution in [0.5, 0.6) is 0 Å². The summed E-state index contributed by atoms with van der Waals surface area (Å²) in [4.78, 5) is 26.2. The van der Waals surface area contributed by atoms with Crippen molar-refractivity contribution >= 4 is 11.9 Å². The molecule has 0 unspecified atom stereocenters. The van der Waals surface area contributed by atoms with Crippen LogP contribution in [0.3, 0.4) is 0 Å². The zero-order valence-electron chi connectivity index (χ0n) is 10.2. The summed E-state index contributed by atoms with van der Waals surface area (Å²) in [5, 5.41) is 15.5. The average molecular weight is 260 g/mol. The van der Waals surface area contributed by atoms with Gasteiger partial charge in [-0.3, -0.25) is 9.48 Å². The Morgan fingerprint density at radius 1 is 1.47 bits per heavy atom. The third-order valence-electron chi connectivity index (χ3n) is 2.45. The van der Waals surface area contributed by atoms with E-state index < -0.39 is 5.97 Å². The summed E-state index contributed by atoms with van der Waals surface area (Å²) >= 11 is 0. The molecule has 0 saturated heterocycles. The normalized spacial score (nSPS) is 10.2. The zero-order valence-corrected chi connectivity index (χ0v) is 10.2. The van der Waals surface area contributed by atoms with E-state index in [0.29, 0.717) is 6.54 Å². The molecule has 0 radical (unpaired) electrons. The van der Waals surface area contributed by atoms with Gasteiger partial charge < -0.3 is 10.4 Å². The summed E-state index contributed by atoms with van der Waals surface area (Å²) in [5.74, 6) is -1.52. The number of aromatic nitrogens is 3. The highest BCUT2D eigenvalue weighted by atomic mass is 16.4. The van der Waals surface area contributed by atoms with Gasteiger partial charge in [0, 0.05) is 37.1 Å². The maximum Gasteiger partial charge on any atom is 0.354 e. The highest BCUT2D eigenvalue weighted by molar-refractivity contribution is 5.96. The van der Waals surface area contributed by atoms with Crippen LogP contribution in [0.25, 0.3) is 0 Å². The van der Waals surface area contributed by atoms with Crippen molar-refractivity contribution in [2.24, 2.45) is 7.05 Å². The first-order valence-electron chi connectivity index (χ1n) is 5.51. The minimum absolute atomic E-state index is 0.158. The molecule has 7 nitrogen and oxygen atoms in total. The molecule has 1 amide bonds. The Morgan fingerprint density at radius 3 is 2.89 bits per heavy atom. The number of hydrogen-bond acceptors (Lipinski definition) is 4. The van der Waals surface area contributed by atoms with Gasteiger partial charge in [0.1, 0.15) is 5.69 Å². The van der Waals surface area contributed by atoms with Crippen LogP contribution in [-0.4, -0.2) is 31.7 Å². The van der Waals surface area contributed by atoms with Gasteiger partial charge in [-0.05, 0) is 12.1 Å². The number of carbonyl (C=O) groups excluding carboxylic acids is 1. The number of carbonyl (C=O) groups is 2. The van der Waals surface area contributed by atoms with Crippen LogP contribution in [0, 0.1) is 0 Å². The van der Waals surface area contributed by atoms with Crippen molar-refractivity contribution in [3.63, 3.8) is 0 Å². The molecule has 2 rings (SSSR count). The number of carboxylic acids is 1. The Balaban J connectivity index is 2.03. The van der Waals surface area contributed by atoms with E-state index >= 15 is 0 Å². The van der Waals surface area contributed by atoms with Gasteiger partial charge >= 0.3 is 5.97 Å². The second kappa shape index (κ2) is 5.30. The Labute approximate surface area is 108 Å². The molecule has 0 fully saturated rings. The molecule has 0 saturated carbocycles. The molecule has 2 aromatic heterocycles. The van der Waals surface area contributed by atoms with E-state index in [-0.39, 0.29) is 17.2 Å². The van der Waals surface area contributed by atoms with Crippen molar-refractivity contribution in [2.45, 2.75) is 6.54 Å². The third-order valence-corrected chi connectivity index (χ3v) is 2.45. The van der Waals surface area contributed by atoms with Crippen molar-refractivity contribution in [1.29, 1.82) is 0 Å². The van der Waals surface area contributed by atoms with Crippen molar-refractivity contribution in [3.05, 3.63) is 47.5 Å². The van der Waals surface area contributed by atoms with Crippen molar-refractivity contribution < 1.29 is 14.7 Å². The van der Waals surface area contributed by atoms with Gasteiger partial charge in [-0.15, -0.1) is 0 Å². The fourth-order valence-corrected chi connectivity index (χ4v) is 1.54. The fraction of sp³-hybridized carbons (Fsp3) is 0.167. The van der Waals surface area contributed by atoms with Crippen LogP contribution < -0.4 is 5.32 Å². The molecule has 0 bridgehead atoms. The van der Waals surface area contributed by atoms with Crippen LogP contribution >= 0.6 is 0 Å². The predicted molar refractivity (Wildman–Crippen MR) is 65.6 cm³/mol. The minimum Gasteiger partial charge on any atom is -0.477 e. The van der Waals surface area contributed by atoms with E-state index in [1.807, 2.05) is 0 Å². The lowest BCUT2D eigenvalue weighted by Crippen LogP contribution is -2.23. The molecule has 7 heteroatoms. The molecule has 0 spiro atoms. The largest absolute Gasteiger partial charge is 0.477 e. The molecule has 98 valence electrons. The smallest absolute Gasteiger partial charge is 0.354 e. The van der Waals surface area contributed by atoms with Gasteiger partial charge in [-0.1, -0.05) is 0 Å². The maximum absolute atomic E-state index is 11.8. The fourth-order valence-electron chi connectivity index (χ4n) is 1.54. The number of pyridine rings is 1. The molecule has 0 aromatic carbocycles. The Kier molecular flexibility index (Phi) is 3.56. The van der Waals surface area contributed by atoms with Gasteiger partial charge in [-0.2, -0.15) is 5.10 Å². The van der Waals surface area contributed by atoms with Crippen LogP contribution in [0.2, 0.25) is 0 Å². The first-order valence-corrected chi connectivity index (χ1v) is 5.51. The quantitative estimate of drug-likeness (QED) is 0.831. The van der Waals surface area contributed by atoms with E-state index in [0.717, 1.165) is 5.56 Å². The molecule has 0 atom stereocenters. The topological polar surface area (TPSA) is 97.1 Å². The summed E-state index contributed by atoms with van der Waals surface area (Å²) in [7, 11) is 1.79. The molecule has 2 aromatic rings. The molecule has 2 heterocycles. The monoisotopic (exact) mass is 260 g/mol. The highest BCUT2D eigenvalue weighted by Crippen LogP contribution is 2.03. The molecular weight excluding hydrogens is 248 g/mol. The van der Waals surface area contributed by atoms with Crippen LogP contribution in [0.15, 0.2) is 30.7 Å². The zero-order chi connectivity index (χ0) is 13.8. The van der Waals surface area contributed by atoms with E-state index in [2.05, 4.69) is 15.4 Å². The van der Waals surface area contributed by atoms with Crippen molar-refractivity contribution in [2.75, 3.05) is 0 Å². The number of hydrogen-bond donors (Lipinski definition) is 2. The van der Waals surface area contributed by atoms with E-state index in [1.165, 1.54) is 18.3 Å². The van der Waals surface area contributed by atoms with Crippen LogP contribution in [0.1, 0.15) is 26.4 Å². The number of aromatic carboxylic acids is 1. The number of amides is 1. The summed E-state index contributed by atoms with van der Waals surface area (Å²) in [6.45, 7) is 0.331. The Bertz CT molecular complexity index is 621. The molecule has 0 aliphatic rings. The first kappa shape index (κ1) is 12.7. The van der Waals surface area contributed by atoms with Crippen molar-refractivity contribution in [1.82, 2.24) is 20.1 Å². The molecule has 19 heavy (non-hydrogen) atoms. The maximum atomic E-state index is 11.8. The van der Waals surface area contributed by atoms with Crippen molar-refractivity contribution in [3.8, 4) is 0 Å². The van der Waals surface area contributed by atoms with Gasteiger partial charge in [0.05, 0.1) is 6.20 Å². The van der Waals surface area contributed by atoms with Gasteiger partial charge in [-0.25, -0.2) is 9.78 Å². The molecular formula is C12H12N4O3. The number of rotatable bonds is 4. The Morgan fingerprint density at radius 2 is 2.26 bits per heavy atom. The van der Waals surface area contributed by atoms with Gasteiger partial charge in [0.2, 0.25) is 0 Å². The van der Waals surface area contributed by atoms with E-state index in [4.69, 9.17) is 5.11 Å². The minimum atomic E-state index is -1.16. The third kappa shape index (κ3) is 3.15. The van der Waals surface area contributed by atoms with Crippen LogP contribution in [0.4, 0.5) is 0 Å². The number of nitrogens with zero attached hydrogens (tertiary/aromatic N) is 3. The van der Waals surface area contributed by atoms with E-state index in [9.17, 15) is 9.59 Å². The van der Waals surface area contributed by atoms with Gasteiger partial charge in [0.15, 0.2) is 0 Å². The highest BCUT2D eigenvalue weighted by Gasteiger charge is 2.10. The van der Waals surface area contributed by atoms with Crippen LogP contribution in [-0.2, 0) is 13.6 Å². The lowest BCUT2D eigenvalue weighted by molar-refractivity contribution is 0.0690. The molecule has 0 aliphatic heterocycles. The molecule has 0 aliphatic carbocycles. The summed E-state index contributed by atoms with van der Waals surface area (Å²) < 4.78 is 1.64. The standard InChI is InChI=1S/C12H12N4O3/c1-16-7-8(6-15-16)5-14-11(17)9-2-3-13-10(4-9)12(18)19/h2-4,6-7H,5H2,1H3,(H,14,17)(H,18,19). The second-order valence-electron chi connectivity index (χ2n) is 3.94. The summed E-state index contributed by atoms with van der Waals surface area (Å²) in [6.07, 6.45) is 4.73. The van der Waals surface area contributed by atoms with E-state index in [1.54, 1.807) is 24.1 Å². The summed E-state index contributed by atoms with van der Waals surface area (Å²) in [6, 6.07) is 2.70. The lowest BCUT2D eigenvalue weighted by atomic mass is 10.2. The first-order chi connectivity index (χ1) is 9.06. The SMILES string of the molecule is Cn1cc(CNC(=O)c2ccnc(C(=O)O)c2)cn1.